The number of benzene rings is 2. The van der Waals surface area contributed by atoms with E-state index >= 15 is 0 Å². The summed E-state index contributed by atoms with van der Waals surface area (Å²) in [5.74, 6) is -2.90. The summed E-state index contributed by atoms with van der Waals surface area (Å²) in [6, 6.07) is 11.2. The maximum atomic E-state index is 14.2. The Balaban J connectivity index is 2.19. The molecule has 1 saturated carbocycles. The van der Waals surface area contributed by atoms with Gasteiger partial charge in [-0.05, 0) is 36.1 Å². The first kappa shape index (κ1) is 14.7. The normalized spacial score (nSPS) is 16.6. The van der Waals surface area contributed by atoms with Crippen LogP contribution in [0.3, 0.4) is 0 Å². The van der Waals surface area contributed by atoms with E-state index in [1.54, 1.807) is 30.3 Å². The van der Waals surface area contributed by atoms with E-state index in [2.05, 4.69) is 0 Å². The molecule has 1 aliphatic rings. The van der Waals surface area contributed by atoms with Crippen molar-refractivity contribution in [2.45, 2.75) is 31.1 Å². The number of halogens is 2. The third-order valence-electron chi connectivity index (χ3n) is 4.53. The Hall–Kier alpha value is -2.23. The Labute approximate surface area is 127 Å². The quantitative estimate of drug-likeness (QED) is 0.904. The number of hydrogen-bond acceptors (Lipinski definition) is 1. The van der Waals surface area contributed by atoms with Crippen LogP contribution in [0.15, 0.2) is 42.5 Å². The van der Waals surface area contributed by atoms with E-state index in [4.69, 9.17) is 0 Å². The molecule has 0 radical (unpaired) electrons. The summed E-state index contributed by atoms with van der Waals surface area (Å²) in [7, 11) is 0. The standard InChI is InChI=1S/C18H16F2O2/c19-15-11-13(18(17(21)22)8-4-5-9-18)10-14(16(15)20)12-6-2-1-3-7-12/h1-3,6-7,10-11H,4-5,8-9H2,(H,21,22). The van der Waals surface area contributed by atoms with Gasteiger partial charge in [-0.3, -0.25) is 4.79 Å². The predicted molar refractivity (Wildman–Crippen MR) is 79.6 cm³/mol. The summed E-state index contributed by atoms with van der Waals surface area (Å²) in [4.78, 5) is 11.8. The van der Waals surface area contributed by atoms with Crippen LogP contribution >= 0.6 is 0 Å². The molecule has 4 heteroatoms. The van der Waals surface area contributed by atoms with Crippen LogP contribution in [-0.4, -0.2) is 11.1 Å². The molecule has 0 unspecified atom stereocenters. The first-order valence-electron chi connectivity index (χ1n) is 7.33. The highest BCUT2D eigenvalue weighted by atomic mass is 19.2. The van der Waals surface area contributed by atoms with Crippen molar-refractivity contribution in [3.63, 3.8) is 0 Å². The Morgan fingerprint density at radius 2 is 1.68 bits per heavy atom. The van der Waals surface area contributed by atoms with Crippen molar-refractivity contribution in [1.82, 2.24) is 0 Å². The van der Waals surface area contributed by atoms with Gasteiger partial charge < -0.3 is 5.11 Å². The van der Waals surface area contributed by atoms with E-state index in [1.807, 2.05) is 0 Å². The topological polar surface area (TPSA) is 37.3 Å². The SMILES string of the molecule is O=C(O)C1(c2cc(F)c(F)c(-c3ccccc3)c2)CCCC1. The van der Waals surface area contributed by atoms with Crippen LogP contribution in [0.1, 0.15) is 31.2 Å². The minimum atomic E-state index is -1.10. The number of carbonyl (C=O) groups is 1. The van der Waals surface area contributed by atoms with E-state index < -0.39 is 23.0 Å². The molecule has 1 fully saturated rings. The van der Waals surface area contributed by atoms with Crippen LogP contribution < -0.4 is 0 Å². The van der Waals surface area contributed by atoms with Gasteiger partial charge in [-0.1, -0.05) is 43.2 Å². The molecule has 1 N–H and O–H groups in total. The Kier molecular flexibility index (Phi) is 3.69. The zero-order valence-electron chi connectivity index (χ0n) is 12.0. The first-order chi connectivity index (χ1) is 10.5. The minimum absolute atomic E-state index is 0.114. The molecule has 0 heterocycles. The molecule has 0 aromatic heterocycles. The van der Waals surface area contributed by atoms with Crippen molar-refractivity contribution in [1.29, 1.82) is 0 Å². The minimum Gasteiger partial charge on any atom is -0.481 e. The van der Waals surface area contributed by atoms with Crippen molar-refractivity contribution in [2.24, 2.45) is 0 Å². The molecule has 0 bridgehead atoms. The summed E-state index contributed by atoms with van der Waals surface area (Å²) in [5, 5.41) is 9.62. The molecule has 0 spiro atoms. The van der Waals surface area contributed by atoms with Gasteiger partial charge in [0.2, 0.25) is 0 Å². The molecular weight excluding hydrogens is 286 g/mol. The third-order valence-corrected chi connectivity index (χ3v) is 4.53. The number of carboxylic acids is 1. The average Bonchev–Trinajstić information content (AvgIpc) is 3.02. The third kappa shape index (κ3) is 2.28. The van der Waals surface area contributed by atoms with E-state index in [9.17, 15) is 18.7 Å². The monoisotopic (exact) mass is 302 g/mol. The van der Waals surface area contributed by atoms with Gasteiger partial charge in [0.25, 0.3) is 0 Å². The largest absolute Gasteiger partial charge is 0.481 e. The maximum Gasteiger partial charge on any atom is 0.314 e. The van der Waals surface area contributed by atoms with Gasteiger partial charge in [0.05, 0.1) is 5.41 Å². The van der Waals surface area contributed by atoms with Crippen molar-refractivity contribution in [3.05, 3.63) is 59.7 Å². The number of aliphatic carboxylic acids is 1. The van der Waals surface area contributed by atoms with Gasteiger partial charge in [-0.2, -0.15) is 0 Å². The van der Waals surface area contributed by atoms with Crippen LogP contribution in [0.25, 0.3) is 11.1 Å². The van der Waals surface area contributed by atoms with Crippen LogP contribution in [0, 0.1) is 11.6 Å². The van der Waals surface area contributed by atoms with Gasteiger partial charge >= 0.3 is 5.97 Å². The molecule has 3 rings (SSSR count). The predicted octanol–water partition coefficient (Wildman–Crippen LogP) is 4.53. The summed E-state index contributed by atoms with van der Waals surface area (Å²) in [6.45, 7) is 0. The molecule has 22 heavy (non-hydrogen) atoms. The first-order valence-corrected chi connectivity index (χ1v) is 7.33. The fraction of sp³-hybridized carbons (Fsp3) is 0.278. The Morgan fingerprint density at radius 3 is 2.27 bits per heavy atom. The maximum absolute atomic E-state index is 14.2. The second-order valence-electron chi connectivity index (χ2n) is 5.78. The molecule has 2 aromatic rings. The molecule has 114 valence electrons. The second-order valence-corrected chi connectivity index (χ2v) is 5.78. The Bertz CT molecular complexity index is 705. The van der Waals surface area contributed by atoms with Crippen LogP contribution in [0.2, 0.25) is 0 Å². The van der Waals surface area contributed by atoms with Crippen molar-refractivity contribution >= 4 is 5.97 Å². The molecule has 1 aliphatic carbocycles. The van der Waals surface area contributed by atoms with Crippen LogP contribution in [-0.2, 0) is 10.2 Å². The van der Waals surface area contributed by atoms with Crippen LogP contribution in [0.4, 0.5) is 8.78 Å². The zero-order chi connectivity index (χ0) is 15.7. The van der Waals surface area contributed by atoms with Crippen molar-refractivity contribution < 1.29 is 18.7 Å². The van der Waals surface area contributed by atoms with E-state index in [-0.39, 0.29) is 5.56 Å². The lowest BCUT2D eigenvalue weighted by Gasteiger charge is -2.25. The average molecular weight is 302 g/mol. The smallest absolute Gasteiger partial charge is 0.314 e. The van der Waals surface area contributed by atoms with Gasteiger partial charge in [-0.25, -0.2) is 8.78 Å². The van der Waals surface area contributed by atoms with Gasteiger partial charge in [0.1, 0.15) is 0 Å². The highest BCUT2D eigenvalue weighted by Crippen LogP contribution is 2.43. The van der Waals surface area contributed by atoms with E-state index in [1.165, 1.54) is 6.07 Å². The molecule has 2 nitrogen and oxygen atoms in total. The van der Waals surface area contributed by atoms with E-state index in [0.717, 1.165) is 18.9 Å². The number of carboxylic acid groups (broad SMARTS) is 1. The Morgan fingerprint density at radius 1 is 1.05 bits per heavy atom. The zero-order valence-corrected chi connectivity index (χ0v) is 12.0. The second kappa shape index (κ2) is 5.52. The highest BCUT2D eigenvalue weighted by Gasteiger charge is 2.43. The lowest BCUT2D eigenvalue weighted by molar-refractivity contribution is -0.143. The lowest BCUT2D eigenvalue weighted by atomic mass is 9.78. The lowest BCUT2D eigenvalue weighted by Crippen LogP contribution is -2.32. The highest BCUT2D eigenvalue weighted by molar-refractivity contribution is 5.82. The van der Waals surface area contributed by atoms with Gasteiger partial charge in [0.15, 0.2) is 11.6 Å². The summed E-state index contributed by atoms with van der Waals surface area (Å²) < 4.78 is 28.2. The molecule has 0 aliphatic heterocycles. The van der Waals surface area contributed by atoms with Gasteiger partial charge in [0, 0.05) is 5.56 Å². The summed E-state index contributed by atoms with van der Waals surface area (Å²) >= 11 is 0. The number of rotatable bonds is 3. The summed E-state index contributed by atoms with van der Waals surface area (Å²) in [5.41, 5.74) is -0.0874. The van der Waals surface area contributed by atoms with Crippen molar-refractivity contribution in [2.75, 3.05) is 0 Å². The molecule has 0 saturated heterocycles. The molecular formula is C18H16F2O2. The fourth-order valence-electron chi connectivity index (χ4n) is 3.30. The molecule has 2 aromatic carbocycles. The fourth-order valence-corrected chi connectivity index (χ4v) is 3.30. The summed E-state index contributed by atoms with van der Waals surface area (Å²) in [6.07, 6.45) is 2.49. The van der Waals surface area contributed by atoms with Gasteiger partial charge in [-0.15, -0.1) is 0 Å². The molecule has 0 atom stereocenters. The number of hydrogen-bond donors (Lipinski definition) is 1. The molecule has 0 amide bonds. The van der Waals surface area contributed by atoms with Crippen molar-refractivity contribution in [3.8, 4) is 11.1 Å². The van der Waals surface area contributed by atoms with Crippen LogP contribution in [0.5, 0.6) is 0 Å². The van der Waals surface area contributed by atoms with E-state index in [0.29, 0.717) is 24.0 Å².